The Morgan fingerprint density at radius 3 is 2.65 bits per heavy atom. The van der Waals surface area contributed by atoms with Crippen molar-refractivity contribution in [1.29, 1.82) is 0 Å². The van der Waals surface area contributed by atoms with Crippen LogP contribution in [0, 0.1) is 13.8 Å². The molecule has 0 aliphatic rings. The molecule has 20 heavy (non-hydrogen) atoms. The normalized spacial score (nSPS) is 10.3. The van der Waals surface area contributed by atoms with E-state index in [4.69, 9.17) is 5.73 Å². The second-order valence-corrected chi connectivity index (χ2v) is 4.94. The van der Waals surface area contributed by atoms with Gasteiger partial charge in [0, 0.05) is 6.42 Å². The monoisotopic (exact) mass is 269 g/mol. The maximum Gasteiger partial charge on any atom is 0.224 e. The lowest BCUT2D eigenvalue weighted by Crippen LogP contribution is -2.12. The van der Waals surface area contributed by atoms with Crippen LogP contribution in [0.15, 0.2) is 36.5 Å². The summed E-state index contributed by atoms with van der Waals surface area (Å²) in [7, 11) is 0. The average molecular weight is 269 g/mol. The highest BCUT2D eigenvalue weighted by atomic mass is 16.1. The fourth-order valence-electron chi connectivity index (χ4n) is 1.92. The third-order valence-electron chi connectivity index (χ3n) is 3.28. The molecule has 2 aromatic rings. The van der Waals surface area contributed by atoms with Crippen LogP contribution in [0.4, 0.5) is 11.5 Å². The molecular weight excluding hydrogens is 250 g/mol. The Balaban J connectivity index is 1.88. The fraction of sp³-hybridized carbons (Fsp3) is 0.250. The Morgan fingerprint density at radius 2 is 2.00 bits per heavy atom. The molecule has 0 unspecified atom stereocenters. The first kappa shape index (κ1) is 14.1. The first-order chi connectivity index (χ1) is 9.54. The predicted octanol–water partition coefficient (Wildman–Crippen LogP) is 2.85. The molecule has 0 saturated carbocycles. The number of hydrogen-bond acceptors (Lipinski definition) is 3. The van der Waals surface area contributed by atoms with E-state index in [2.05, 4.69) is 42.3 Å². The highest BCUT2D eigenvalue weighted by molar-refractivity contribution is 5.90. The molecule has 0 atom stereocenters. The van der Waals surface area contributed by atoms with Gasteiger partial charge in [0.2, 0.25) is 5.91 Å². The van der Waals surface area contributed by atoms with Crippen molar-refractivity contribution in [2.75, 3.05) is 11.1 Å². The molecule has 2 rings (SSSR count). The minimum atomic E-state index is -0.0187. The third kappa shape index (κ3) is 3.82. The summed E-state index contributed by atoms with van der Waals surface area (Å²) in [6, 6.07) is 9.70. The van der Waals surface area contributed by atoms with Crippen LogP contribution in [0.5, 0.6) is 0 Å². The van der Waals surface area contributed by atoms with Gasteiger partial charge in [-0.2, -0.15) is 0 Å². The van der Waals surface area contributed by atoms with E-state index in [1.165, 1.54) is 16.7 Å². The van der Waals surface area contributed by atoms with E-state index < -0.39 is 0 Å². The first-order valence-electron chi connectivity index (χ1n) is 6.62. The van der Waals surface area contributed by atoms with E-state index in [1.807, 2.05) is 0 Å². The lowest BCUT2D eigenvalue weighted by Gasteiger charge is -2.07. The van der Waals surface area contributed by atoms with Gasteiger partial charge in [-0.15, -0.1) is 0 Å². The van der Waals surface area contributed by atoms with Crippen LogP contribution < -0.4 is 11.1 Å². The number of aromatic nitrogens is 1. The summed E-state index contributed by atoms with van der Waals surface area (Å²) < 4.78 is 0. The van der Waals surface area contributed by atoms with E-state index in [9.17, 15) is 4.79 Å². The molecular formula is C16H19N3O. The number of carbonyl (C=O) groups excluding carboxylic acids is 1. The molecule has 4 heteroatoms. The van der Waals surface area contributed by atoms with E-state index >= 15 is 0 Å². The number of aryl methyl sites for hydroxylation is 3. The number of pyridine rings is 1. The van der Waals surface area contributed by atoms with E-state index in [0.717, 1.165) is 6.42 Å². The van der Waals surface area contributed by atoms with Crippen molar-refractivity contribution in [2.45, 2.75) is 26.7 Å². The van der Waals surface area contributed by atoms with Gasteiger partial charge >= 0.3 is 0 Å². The van der Waals surface area contributed by atoms with Crippen LogP contribution in [0.3, 0.4) is 0 Å². The minimum absolute atomic E-state index is 0.0187. The number of nitrogens with one attached hydrogen (secondary N) is 1. The number of nitrogen functional groups attached to an aromatic ring is 1. The predicted molar refractivity (Wildman–Crippen MR) is 81.5 cm³/mol. The van der Waals surface area contributed by atoms with Crippen molar-refractivity contribution in [3.05, 3.63) is 53.2 Å². The van der Waals surface area contributed by atoms with Crippen LogP contribution >= 0.6 is 0 Å². The molecule has 0 bridgehead atoms. The molecule has 4 nitrogen and oxygen atoms in total. The third-order valence-corrected chi connectivity index (χ3v) is 3.28. The minimum Gasteiger partial charge on any atom is -0.384 e. The van der Waals surface area contributed by atoms with Gasteiger partial charge in [0.15, 0.2) is 0 Å². The number of hydrogen-bond donors (Lipinski definition) is 2. The number of anilines is 2. The van der Waals surface area contributed by atoms with E-state index in [0.29, 0.717) is 17.9 Å². The summed E-state index contributed by atoms with van der Waals surface area (Å²) >= 11 is 0. The zero-order valence-corrected chi connectivity index (χ0v) is 11.8. The van der Waals surface area contributed by atoms with Crippen molar-refractivity contribution in [3.63, 3.8) is 0 Å². The molecule has 0 aliphatic carbocycles. The Labute approximate surface area is 119 Å². The maximum absolute atomic E-state index is 11.9. The molecule has 1 aromatic carbocycles. The summed E-state index contributed by atoms with van der Waals surface area (Å²) in [6.45, 7) is 4.17. The zero-order chi connectivity index (χ0) is 14.5. The highest BCUT2D eigenvalue weighted by Crippen LogP contribution is 2.12. The van der Waals surface area contributed by atoms with Crippen LogP contribution in [0.1, 0.15) is 23.1 Å². The average Bonchev–Trinajstić information content (AvgIpc) is 2.43. The molecule has 3 N–H and O–H groups in total. The molecule has 0 radical (unpaired) electrons. The van der Waals surface area contributed by atoms with E-state index in [-0.39, 0.29) is 5.91 Å². The summed E-state index contributed by atoms with van der Waals surface area (Å²) in [4.78, 5) is 15.8. The van der Waals surface area contributed by atoms with Crippen molar-refractivity contribution < 1.29 is 4.79 Å². The Bertz CT molecular complexity index is 606. The number of nitrogens with two attached hydrogens (primary N) is 1. The quantitative estimate of drug-likeness (QED) is 0.896. The number of amides is 1. The Kier molecular flexibility index (Phi) is 4.35. The van der Waals surface area contributed by atoms with Crippen LogP contribution in [-0.2, 0) is 11.2 Å². The molecule has 1 amide bonds. The first-order valence-corrected chi connectivity index (χ1v) is 6.62. The number of rotatable bonds is 4. The summed E-state index contributed by atoms with van der Waals surface area (Å²) in [5, 5.41) is 2.81. The SMILES string of the molecule is Cc1ccc(CCC(=O)Nc2ccc(N)nc2)cc1C. The van der Waals surface area contributed by atoms with Gasteiger partial charge in [0.05, 0.1) is 11.9 Å². The van der Waals surface area contributed by atoms with Crippen molar-refractivity contribution in [3.8, 4) is 0 Å². The van der Waals surface area contributed by atoms with Gasteiger partial charge in [-0.3, -0.25) is 4.79 Å². The highest BCUT2D eigenvalue weighted by Gasteiger charge is 2.04. The van der Waals surface area contributed by atoms with E-state index in [1.54, 1.807) is 18.3 Å². The lowest BCUT2D eigenvalue weighted by molar-refractivity contribution is -0.116. The van der Waals surface area contributed by atoms with Gasteiger partial charge in [-0.25, -0.2) is 4.98 Å². The fourth-order valence-corrected chi connectivity index (χ4v) is 1.92. The standard InChI is InChI=1S/C16H19N3O/c1-11-3-4-13(9-12(11)2)5-8-16(20)19-14-6-7-15(17)18-10-14/h3-4,6-7,9-10H,5,8H2,1-2H3,(H2,17,18)(H,19,20). The largest absolute Gasteiger partial charge is 0.384 e. The molecule has 1 aromatic heterocycles. The number of carbonyl (C=O) groups is 1. The molecule has 0 spiro atoms. The second kappa shape index (κ2) is 6.19. The molecule has 104 valence electrons. The van der Waals surface area contributed by atoms with Gasteiger partial charge in [0.25, 0.3) is 0 Å². The van der Waals surface area contributed by atoms with Crippen molar-refractivity contribution in [1.82, 2.24) is 4.98 Å². The molecule has 0 fully saturated rings. The van der Waals surface area contributed by atoms with Crippen LogP contribution in [0.25, 0.3) is 0 Å². The zero-order valence-electron chi connectivity index (χ0n) is 11.8. The Hall–Kier alpha value is -2.36. The van der Waals surface area contributed by atoms with Crippen LogP contribution in [0.2, 0.25) is 0 Å². The maximum atomic E-state index is 11.9. The Morgan fingerprint density at radius 1 is 1.20 bits per heavy atom. The number of benzene rings is 1. The topological polar surface area (TPSA) is 68.0 Å². The summed E-state index contributed by atoms with van der Waals surface area (Å²) in [5.41, 5.74) is 9.87. The van der Waals surface area contributed by atoms with Gasteiger partial charge in [0.1, 0.15) is 5.82 Å². The molecule has 0 aliphatic heterocycles. The summed E-state index contributed by atoms with van der Waals surface area (Å²) in [6.07, 6.45) is 2.74. The lowest BCUT2D eigenvalue weighted by atomic mass is 10.0. The second-order valence-electron chi connectivity index (χ2n) is 4.94. The van der Waals surface area contributed by atoms with Crippen molar-refractivity contribution in [2.24, 2.45) is 0 Å². The van der Waals surface area contributed by atoms with Gasteiger partial charge < -0.3 is 11.1 Å². The van der Waals surface area contributed by atoms with Gasteiger partial charge in [-0.1, -0.05) is 18.2 Å². The molecule has 0 saturated heterocycles. The van der Waals surface area contributed by atoms with Crippen LogP contribution in [-0.4, -0.2) is 10.9 Å². The van der Waals surface area contributed by atoms with Crippen molar-refractivity contribution >= 4 is 17.4 Å². The molecule has 1 heterocycles. The smallest absolute Gasteiger partial charge is 0.224 e. The van der Waals surface area contributed by atoms with Gasteiger partial charge in [-0.05, 0) is 49.1 Å². The summed E-state index contributed by atoms with van der Waals surface area (Å²) in [5.74, 6) is 0.424. The number of nitrogens with zero attached hydrogens (tertiary/aromatic N) is 1.